The molecule has 0 fully saturated rings. The van der Waals surface area contributed by atoms with Crippen LogP contribution in [0.4, 0.5) is 5.69 Å². The maximum atomic E-state index is 12.3. The Hall–Kier alpha value is -3.43. The van der Waals surface area contributed by atoms with Gasteiger partial charge in [-0.3, -0.25) is 29.3 Å². The van der Waals surface area contributed by atoms with Crippen molar-refractivity contribution in [2.24, 2.45) is 5.73 Å². The summed E-state index contributed by atoms with van der Waals surface area (Å²) in [5, 5.41) is 41.8. The summed E-state index contributed by atoms with van der Waals surface area (Å²) in [6.45, 7) is -1.06. The molecule has 7 N–H and O–H groups in total. The molecule has 0 radical (unpaired) electrons. The molecule has 0 aliphatic heterocycles. The van der Waals surface area contributed by atoms with Crippen molar-refractivity contribution >= 4 is 41.2 Å². The first-order valence-corrected chi connectivity index (χ1v) is 10.9. The molecule has 15 heteroatoms. The number of aliphatic carboxylic acids is 2. The number of nitro groups is 1. The van der Waals surface area contributed by atoms with Crippen LogP contribution in [0, 0.1) is 10.1 Å². The number of nitrogens with two attached hydrogens (primary N) is 1. The van der Waals surface area contributed by atoms with Gasteiger partial charge in [-0.1, -0.05) is 0 Å². The minimum Gasteiger partial charge on any atom is -0.492 e. The maximum Gasteiger partial charge on any atom is 0.322 e. The first kappa shape index (κ1) is 28.6. The third kappa shape index (κ3) is 10.9. The predicted molar refractivity (Wildman–Crippen MR) is 119 cm³/mol. The second kappa shape index (κ2) is 14.7. The normalized spacial score (nSPS) is 13.2. The lowest BCUT2D eigenvalue weighted by atomic mass is 10.1. The van der Waals surface area contributed by atoms with E-state index in [2.05, 4.69) is 10.6 Å². The van der Waals surface area contributed by atoms with Crippen LogP contribution < -0.4 is 21.1 Å². The molecule has 0 aliphatic rings. The van der Waals surface area contributed by atoms with E-state index in [1.807, 2.05) is 0 Å². The Bertz CT molecular complexity index is 867. The van der Waals surface area contributed by atoms with E-state index >= 15 is 0 Å². The largest absolute Gasteiger partial charge is 0.492 e. The second-order valence-corrected chi connectivity index (χ2v) is 8.25. The third-order valence-electron chi connectivity index (χ3n) is 4.25. The Morgan fingerprint density at radius 3 is 2.35 bits per heavy atom. The molecule has 0 heterocycles. The number of carboxylic acids is 2. The van der Waals surface area contributed by atoms with E-state index in [1.165, 1.54) is 24.3 Å². The van der Waals surface area contributed by atoms with E-state index in [0.29, 0.717) is 5.75 Å². The lowest BCUT2D eigenvalue weighted by molar-refractivity contribution is -0.384. The average molecular weight is 503 g/mol. The van der Waals surface area contributed by atoms with Crippen molar-refractivity contribution in [3.63, 3.8) is 0 Å². The molecule has 0 aromatic heterocycles. The van der Waals surface area contributed by atoms with Gasteiger partial charge in [0.15, 0.2) is 0 Å². The van der Waals surface area contributed by atoms with Crippen molar-refractivity contribution in [2.75, 3.05) is 25.5 Å². The number of nitrogens with one attached hydrogen (secondary N) is 2. The minimum absolute atomic E-state index is 0.0240. The topological polar surface area (TPSA) is 231 Å². The molecule has 1 aromatic carbocycles. The van der Waals surface area contributed by atoms with E-state index in [-0.39, 0.29) is 37.5 Å². The van der Waals surface area contributed by atoms with Crippen molar-refractivity contribution in [3.8, 4) is 5.75 Å². The van der Waals surface area contributed by atoms with E-state index < -0.39 is 52.6 Å². The van der Waals surface area contributed by atoms with Gasteiger partial charge in [0.2, 0.25) is 11.8 Å². The van der Waals surface area contributed by atoms with Crippen LogP contribution in [-0.4, -0.2) is 86.8 Å². The van der Waals surface area contributed by atoms with Crippen molar-refractivity contribution in [2.45, 2.75) is 30.2 Å². The number of aliphatic hydroxyl groups is 1. The number of amides is 2. The molecule has 0 bridgehead atoms. The highest BCUT2D eigenvalue weighted by atomic mass is 32.2. The molecule has 2 amide bonds. The molecule has 0 spiro atoms. The van der Waals surface area contributed by atoms with Crippen LogP contribution in [0.25, 0.3) is 0 Å². The number of nitro benzene ring substituents is 1. The molecule has 0 saturated carbocycles. The Balaban J connectivity index is 2.68. The molecule has 3 atom stereocenters. The number of hydrogen-bond donors (Lipinski definition) is 6. The summed E-state index contributed by atoms with van der Waals surface area (Å²) in [4.78, 5) is 56.1. The van der Waals surface area contributed by atoms with E-state index in [0.717, 1.165) is 11.8 Å². The highest BCUT2D eigenvalue weighted by molar-refractivity contribution is 8.00. The molecular weight excluding hydrogens is 476 g/mol. The molecule has 1 rings (SSSR count). The predicted octanol–water partition coefficient (Wildman–Crippen LogP) is -1.05. The molecule has 34 heavy (non-hydrogen) atoms. The number of carbonyl (C=O) groups is 4. The van der Waals surface area contributed by atoms with Crippen molar-refractivity contribution in [1.29, 1.82) is 0 Å². The fraction of sp³-hybridized carbons (Fsp3) is 0.474. The van der Waals surface area contributed by atoms with Gasteiger partial charge in [-0.25, -0.2) is 0 Å². The van der Waals surface area contributed by atoms with Crippen molar-refractivity contribution in [1.82, 2.24) is 10.6 Å². The summed E-state index contributed by atoms with van der Waals surface area (Å²) in [5.41, 5.74) is 5.24. The van der Waals surface area contributed by atoms with Gasteiger partial charge in [0, 0.05) is 24.3 Å². The van der Waals surface area contributed by atoms with Crippen LogP contribution in [0.3, 0.4) is 0 Å². The van der Waals surface area contributed by atoms with Crippen LogP contribution in [0.1, 0.15) is 12.8 Å². The summed E-state index contributed by atoms with van der Waals surface area (Å²) in [7, 11) is 0. The smallest absolute Gasteiger partial charge is 0.322 e. The van der Waals surface area contributed by atoms with Gasteiger partial charge in [-0.15, -0.1) is 11.8 Å². The summed E-state index contributed by atoms with van der Waals surface area (Å²) in [5.74, 6) is -3.74. The van der Waals surface area contributed by atoms with Crippen LogP contribution in [0.2, 0.25) is 0 Å². The van der Waals surface area contributed by atoms with Crippen molar-refractivity contribution < 1.29 is 44.2 Å². The highest BCUT2D eigenvalue weighted by Crippen LogP contribution is 2.19. The molecule has 0 saturated heterocycles. The number of carboxylic acid groups (broad SMARTS) is 2. The molecular formula is C19H26N4O10S. The molecule has 0 aliphatic carbocycles. The number of carbonyl (C=O) groups excluding carboxylic acids is 2. The second-order valence-electron chi connectivity index (χ2n) is 6.91. The Morgan fingerprint density at radius 2 is 1.82 bits per heavy atom. The summed E-state index contributed by atoms with van der Waals surface area (Å²) >= 11 is 1.07. The van der Waals surface area contributed by atoms with E-state index in [4.69, 9.17) is 20.7 Å². The monoisotopic (exact) mass is 502 g/mol. The first-order valence-electron chi connectivity index (χ1n) is 9.90. The standard InChI is InChI=1S/C19H26N4O10S/c20-14(19(29)30)5-6-16(25)22-15(18(28)21-7-17(26)27)10-34-13(8-24)9-33-12-3-1-11(2-4-12)23(31)32/h1-4,13-15,24H,5-10,20H2,(H,21,28)(H,22,25)(H,26,27)(H,29,30). The van der Waals surface area contributed by atoms with E-state index in [1.54, 1.807) is 0 Å². The lowest BCUT2D eigenvalue weighted by Gasteiger charge is -2.21. The Kier molecular flexibility index (Phi) is 12.3. The number of nitrogens with zero attached hydrogens (tertiary/aromatic N) is 1. The number of benzene rings is 1. The molecule has 14 nitrogen and oxygen atoms in total. The fourth-order valence-electron chi connectivity index (χ4n) is 2.38. The number of rotatable bonds is 16. The van der Waals surface area contributed by atoms with Crippen LogP contribution in [0.15, 0.2) is 24.3 Å². The zero-order chi connectivity index (χ0) is 25.7. The van der Waals surface area contributed by atoms with Crippen LogP contribution >= 0.6 is 11.8 Å². The number of hydrogen-bond acceptors (Lipinski definition) is 10. The quantitative estimate of drug-likeness (QED) is 0.117. The molecule has 1 aromatic rings. The number of thioether (sulfide) groups is 1. The number of ether oxygens (including phenoxy) is 1. The van der Waals surface area contributed by atoms with Gasteiger partial charge in [-0.2, -0.15) is 0 Å². The zero-order valence-corrected chi connectivity index (χ0v) is 18.7. The molecule has 3 unspecified atom stereocenters. The average Bonchev–Trinajstić information content (AvgIpc) is 2.80. The number of aliphatic hydroxyl groups excluding tert-OH is 1. The SMILES string of the molecule is NC(CCC(=O)NC(CSC(CO)COc1ccc([N+](=O)[O-])cc1)C(=O)NCC(=O)O)C(=O)O. The van der Waals surface area contributed by atoms with Gasteiger partial charge in [0.1, 0.15) is 31.0 Å². The van der Waals surface area contributed by atoms with Crippen LogP contribution in [0.5, 0.6) is 5.75 Å². The van der Waals surface area contributed by atoms with Crippen molar-refractivity contribution in [3.05, 3.63) is 34.4 Å². The lowest BCUT2D eigenvalue weighted by Crippen LogP contribution is -2.50. The Morgan fingerprint density at radius 1 is 1.18 bits per heavy atom. The minimum atomic E-state index is -1.29. The summed E-state index contributed by atoms with van der Waals surface area (Å²) < 4.78 is 5.50. The summed E-state index contributed by atoms with van der Waals surface area (Å²) in [6, 6.07) is 2.86. The maximum absolute atomic E-state index is 12.3. The third-order valence-corrected chi connectivity index (χ3v) is 5.53. The van der Waals surface area contributed by atoms with Gasteiger partial charge in [0.25, 0.3) is 5.69 Å². The molecule has 188 valence electrons. The summed E-state index contributed by atoms with van der Waals surface area (Å²) in [6.07, 6.45) is -0.437. The first-order chi connectivity index (χ1) is 16.0. The Labute approximate surface area is 198 Å². The highest BCUT2D eigenvalue weighted by Gasteiger charge is 2.24. The number of non-ortho nitro benzene ring substituents is 1. The van der Waals surface area contributed by atoms with Gasteiger partial charge >= 0.3 is 11.9 Å². The van der Waals surface area contributed by atoms with Gasteiger partial charge < -0.3 is 36.4 Å². The van der Waals surface area contributed by atoms with Crippen LogP contribution in [-0.2, 0) is 19.2 Å². The van der Waals surface area contributed by atoms with Gasteiger partial charge in [-0.05, 0) is 18.6 Å². The zero-order valence-electron chi connectivity index (χ0n) is 17.9. The van der Waals surface area contributed by atoms with Gasteiger partial charge in [0.05, 0.1) is 16.8 Å². The van der Waals surface area contributed by atoms with E-state index in [9.17, 15) is 34.4 Å². The fourth-order valence-corrected chi connectivity index (χ4v) is 3.35.